The van der Waals surface area contributed by atoms with Gasteiger partial charge in [0.05, 0.1) is 7.11 Å². The van der Waals surface area contributed by atoms with E-state index in [1.807, 2.05) is 6.07 Å². The average Bonchev–Trinajstić information content (AvgIpc) is 2.40. The van der Waals surface area contributed by atoms with Gasteiger partial charge in [-0.15, -0.1) is 0 Å². The number of rotatable bonds is 4. The van der Waals surface area contributed by atoms with Gasteiger partial charge in [0.2, 0.25) is 0 Å². The number of ether oxygens (including phenoxy) is 1. The first-order valence-corrected chi connectivity index (χ1v) is 7.13. The van der Waals surface area contributed by atoms with Crippen LogP contribution in [0.25, 0.3) is 0 Å². The maximum atomic E-state index is 13.7. The summed E-state index contributed by atoms with van der Waals surface area (Å²) >= 11 is 0. The summed E-state index contributed by atoms with van der Waals surface area (Å²) in [6.45, 7) is 2.27. The van der Waals surface area contributed by atoms with Crippen molar-refractivity contribution in [3.8, 4) is 5.75 Å². The third kappa shape index (κ3) is 3.27. The van der Waals surface area contributed by atoms with E-state index >= 15 is 0 Å². The van der Waals surface area contributed by atoms with Crippen LogP contribution in [-0.2, 0) is 6.42 Å². The predicted molar refractivity (Wildman–Crippen MR) is 75.8 cm³/mol. The molecule has 2 rings (SSSR count). The minimum Gasteiger partial charge on any atom is -0.494 e. The molecule has 106 valence electrons. The predicted octanol–water partition coefficient (Wildman–Crippen LogP) is 3.67. The van der Waals surface area contributed by atoms with Gasteiger partial charge in [-0.25, -0.2) is 4.39 Å². The fraction of sp³-hybridized carbons (Fsp3) is 0.625. The molecule has 0 aliphatic heterocycles. The summed E-state index contributed by atoms with van der Waals surface area (Å²) in [6.07, 6.45) is 6.96. The molecule has 1 atom stereocenters. The Balaban J connectivity index is 2.05. The molecular formula is C16H24FNO. The summed E-state index contributed by atoms with van der Waals surface area (Å²) in [5.41, 5.74) is 7.54. The summed E-state index contributed by atoms with van der Waals surface area (Å²) in [6, 6.07) is 5.24. The Bertz CT molecular complexity index is 427. The fourth-order valence-electron chi connectivity index (χ4n) is 3.07. The molecule has 1 aliphatic rings. The summed E-state index contributed by atoms with van der Waals surface area (Å²) < 4.78 is 18.6. The van der Waals surface area contributed by atoms with Crippen molar-refractivity contribution in [2.75, 3.05) is 7.11 Å². The average molecular weight is 265 g/mol. The molecule has 0 bridgehead atoms. The molecule has 0 aromatic heterocycles. The van der Waals surface area contributed by atoms with E-state index in [0.29, 0.717) is 5.75 Å². The molecule has 0 saturated heterocycles. The van der Waals surface area contributed by atoms with Crippen LogP contribution in [0, 0.1) is 11.2 Å². The Labute approximate surface area is 115 Å². The third-order valence-electron chi connectivity index (χ3n) is 4.56. The molecule has 2 nitrogen and oxygen atoms in total. The molecule has 3 heteroatoms. The highest BCUT2D eigenvalue weighted by molar-refractivity contribution is 5.29. The van der Waals surface area contributed by atoms with E-state index in [0.717, 1.165) is 12.0 Å². The monoisotopic (exact) mass is 265 g/mol. The van der Waals surface area contributed by atoms with Gasteiger partial charge in [-0.05, 0) is 42.4 Å². The van der Waals surface area contributed by atoms with Gasteiger partial charge >= 0.3 is 0 Å². The van der Waals surface area contributed by atoms with E-state index in [1.54, 1.807) is 12.1 Å². The zero-order valence-electron chi connectivity index (χ0n) is 11.9. The van der Waals surface area contributed by atoms with Crippen molar-refractivity contribution in [3.63, 3.8) is 0 Å². The highest BCUT2D eigenvalue weighted by Crippen LogP contribution is 2.39. The van der Waals surface area contributed by atoms with Gasteiger partial charge in [-0.3, -0.25) is 0 Å². The Morgan fingerprint density at radius 2 is 2.00 bits per heavy atom. The van der Waals surface area contributed by atoms with E-state index in [1.165, 1.54) is 39.2 Å². The fourth-order valence-corrected chi connectivity index (χ4v) is 3.07. The number of halogens is 1. The summed E-state index contributed by atoms with van der Waals surface area (Å²) in [7, 11) is 1.48. The maximum absolute atomic E-state index is 13.7. The van der Waals surface area contributed by atoms with Gasteiger partial charge < -0.3 is 10.5 Å². The highest BCUT2D eigenvalue weighted by Gasteiger charge is 2.33. The molecule has 1 fully saturated rings. The molecule has 0 radical (unpaired) electrons. The molecule has 0 spiro atoms. The normalized spacial score (nSPS) is 20.0. The lowest BCUT2D eigenvalue weighted by molar-refractivity contribution is 0.168. The molecule has 2 N–H and O–H groups in total. The van der Waals surface area contributed by atoms with Crippen LogP contribution in [0.3, 0.4) is 0 Å². The van der Waals surface area contributed by atoms with Gasteiger partial charge in [0.1, 0.15) is 0 Å². The molecule has 1 aliphatic carbocycles. The van der Waals surface area contributed by atoms with Crippen LogP contribution in [-0.4, -0.2) is 13.2 Å². The molecular weight excluding hydrogens is 241 g/mol. The first-order valence-electron chi connectivity index (χ1n) is 7.13. The molecule has 1 aromatic carbocycles. The number of hydrogen-bond acceptors (Lipinski definition) is 2. The summed E-state index contributed by atoms with van der Waals surface area (Å²) in [5.74, 6) is -0.0119. The van der Waals surface area contributed by atoms with Crippen molar-refractivity contribution < 1.29 is 9.13 Å². The first-order chi connectivity index (χ1) is 9.05. The Morgan fingerprint density at radius 1 is 1.32 bits per heavy atom. The molecule has 1 unspecified atom stereocenters. The van der Waals surface area contributed by atoms with Crippen molar-refractivity contribution in [3.05, 3.63) is 29.6 Å². The molecule has 0 amide bonds. The van der Waals surface area contributed by atoms with Gasteiger partial charge in [-0.2, -0.15) is 0 Å². The van der Waals surface area contributed by atoms with Crippen molar-refractivity contribution in [1.29, 1.82) is 0 Å². The second kappa shape index (κ2) is 5.91. The standard InChI is InChI=1S/C16H24FNO/c1-16(8-4-3-5-9-16)15(18)11-12-6-7-14(19-2)13(17)10-12/h6-7,10,15H,3-5,8-9,11,18H2,1-2H3. The van der Waals surface area contributed by atoms with Crippen molar-refractivity contribution >= 4 is 0 Å². The van der Waals surface area contributed by atoms with Crippen LogP contribution in [0.15, 0.2) is 18.2 Å². The largest absolute Gasteiger partial charge is 0.494 e. The summed E-state index contributed by atoms with van der Waals surface area (Å²) in [5, 5.41) is 0. The van der Waals surface area contributed by atoms with Crippen LogP contribution in [0.1, 0.15) is 44.6 Å². The van der Waals surface area contributed by atoms with Crippen LogP contribution < -0.4 is 10.5 Å². The number of nitrogens with two attached hydrogens (primary N) is 1. The topological polar surface area (TPSA) is 35.2 Å². The minimum atomic E-state index is -0.305. The second-order valence-corrected chi connectivity index (χ2v) is 5.99. The van der Waals surface area contributed by atoms with Crippen LogP contribution in [0.2, 0.25) is 0 Å². The van der Waals surface area contributed by atoms with E-state index < -0.39 is 0 Å². The Hall–Kier alpha value is -1.09. The van der Waals surface area contributed by atoms with Crippen molar-refractivity contribution in [2.24, 2.45) is 11.1 Å². The zero-order valence-corrected chi connectivity index (χ0v) is 11.9. The van der Waals surface area contributed by atoms with Gasteiger partial charge in [0.25, 0.3) is 0 Å². The number of methoxy groups -OCH3 is 1. The van der Waals surface area contributed by atoms with E-state index in [-0.39, 0.29) is 17.3 Å². The van der Waals surface area contributed by atoms with Crippen LogP contribution in [0.5, 0.6) is 5.75 Å². The smallest absolute Gasteiger partial charge is 0.165 e. The number of benzene rings is 1. The van der Waals surface area contributed by atoms with Crippen molar-refractivity contribution in [2.45, 2.75) is 51.5 Å². The molecule has 19 heavy (non-hydrogen) atoms. The van der Waals surface area contributed by atoms with Gasteiger partial charge in [-0.1, -0.05) is 32.3 Å². The SMILES string of the molecule is COc1ccc(CC(N)C2(C)CCCCC2)cc1F. The highest BCUT2D eigenvalue weighted by atomic mass is 19.1. The van der Waals surface area contributed by atoms with Gasteiger partial charge in [0, 0.05) is 6.04 Å². The van der Waals surface area contributed by atoms with Gasteiger partial charge in [0.15, 0.2) is 11.6 Å². The lowest BCUT2D eigenvalue weighted by Gasteiger charge is -2.39. The lowest BCUT2D eigenvalue weighted by Crippen LogP contribution is -2.42. The van der Waals surface area contributed by atoms with E-state index in [9.17, 15) is 4.39 Å². The lowest BCUT2D eigenvalue weighted by atomic mass is 9.69. The summed E-state index contributed by atoms with van der Waals surface area (Å²) in [4.78, 5) is 0. The van der Waals surface area contributed by atoms with Crippen LogP contribution >= 0.6 is 0 Å². The third-order valence-corrected chi connectivity index (χ3v) is 4.56. The second-order valence-electron chi connectivity index (χ2n) is 5.99. The molecule has 1 saturated carbocycles. The van der Waals surface area contributed by atoms with Crippen molar-refractivity contribution in [1.82, 2.24) is 0 Å². The van der Waals surface area contributed by atoms with Crippen LogP contribution in [0.4, 0.5) is 4.39 Å². The number of hydrogen-bond donors (Lipinski definition) is 1. The Kier molecular flexibility index (Phi) is 4.46. The van der Waals surface area contributed by atoms with E-state index in [4.69, 9.17) is 10.5 Å². The minimum absolute atomic E-state index is 0.0978. The quantitative estimate of drug-likeness (QED) is 0.901. The molecule has 1 aromatic rings. The molecule has 0 heterocycles. The van der Waals surface area contributed by atoms with E-state index in [2.05, 4.69) is 6.92 Å². The maximum Gasteiger partial charge on any atom is 0.165 e. The zero-order chi connectivity index (χ0) is 13.9. The first kappa shape index (κ1) is 14.3. The Morgan fingerprint density at radius 3 is 2.58 bits per heavy atom.